The smallest absolute Gasteiger partial charge is 0.153 e. The van der Waals surface area contributed by atoms with Crippen LogP contribution in [0.1, 0.15) is 30.7 Å². The van der Waals surface area contributed by atoms with Crippen molar-refractivity contribution in [3.05, 3.63) is 11.6 Å². The van der Waals surface area contributed by atoms with Crippen LogP contribution in [0.15, 0.2) is 0 Å². The third-order valence-electron chi connectivity index (χ3n) is 2.42. The maximum absolute atomic E-state index is 9.63. The molecule has 0 amide bonds. The number of aryl methyl sites for hydroxylation is 1. The van der Waals surface area contributed by atoms with E-state index in [-0.39, 0.29) is 0 Å². The van der Waals surface area contributed by atoms with Gasteiger partial charge in [0.25, 0.3) is 0 Å². The SMILES string of the molecule is COCCc1nc2n(n1)C(O)CCC2. The number of aromatic nitrogens is 3. The van der Waals surface area contributed by atoms with E-state index in [0.717, 1.165) is 30.9 Å². The van der Waals surface area contributed by atoms with E-state index in [1.807, 2.05) is 0 Å². The molecule has 0 spiro atoms. The lowest BCUT2D eigenvalue weighted by Crippen LogP contribution is -2.18. The average Bonchev–Trinajstić information content (AvgIpc) is 2.59. The number of aliphatic hydroxyl groups is 1. The summed E-state index contributed by atoms with van der Waals surface area (Å²) in [6.07, 6.45) is 2.91. The zero-order valence-corrected chi connectivity index (χ0v) is 8.31. The van der Waals surface area contributed by atoms with Crippen molar-refractivity contribution in [2.75, 3.05) is 13.7 Å². The van der Waals surface area contributed by atoms with Gasteiger partial charge < -0.3 is 9.84 Å². The van der Waals surface area contributed by atoms with Gasteiger partial charge in [0.1, 0.15) is 12.1 Å². The van der Waals surface area contributed by atoms with E-state index in [2.05, 4.69) is 10.1 Å². The molecule has 5 nitrogen and oxygen atoms in total. The molecule has 0 radical (unpaired) electrons. The summed E-state index contributed by atoms with van der Waals surface area (Å²) in [5.41, 5.74) is 0. The average molecular weight is 197 g/mol. The zero-order chi connectivity index (χ0) is 9.97. The fraction of sp³-hybridized carbons (Fsp3) is 0.778. The standard InChI is InChI=1S/C9H15N3O2/c1-14-6-5-7-10-8-3-2-4-9(13)12(8)11-7/h9,13H,2-6H2,1H3. The number of ether oxygens (including phenoxy) is 1. The topological polar surface area (TPSA) is 60.2 Å². The maximum atomic E-state index is 9.63. The van der Waals surface area contributed by atoms with Crippen LogP contribution in [0.25, 0.3) is 0 Å². The highest BCUT2D eigenvalue weighted by Crippen LogP contribution is 2.20. The van der Waals surface area contributed by atoms with Gasteiger partial charge in [0.05, 0.1) is 6.61 Å². The number of hydrogen-bond acceptors (Lipinski definition) is 4. The normalized spacial score (nSPS) is 20.9. The van der Waals surface area contributed by atoms with Crippen LogP contribution in [-0.2, 0) is 17.6 Å². The first-order chi connectivity index (χ1) is 6.81. The van der Waals surface area contributed by atoms with Crippen LogP contribution in [0.5, 0.6) is 0 Å². The summed E-state index contributed by atoms with van der Waals surface area (Å²) >= 11 is 0. The van der Waals surface area contributed by atoms with Crippen molar-refractivity contribution in [1.82, 2.24) is 14.8 Å². The second-order valence-electron chi connectivity index (χ2n) is 3.50. The van der Waals surface area contributed by atoms with Crippen LogP contribution in [0.2, 0.25) is 0 Å². The molecule has 0 saturated heterocycles. The maximum Gasteiger partial charge on any atom is 0.153 e. The van der Waals surface area contributed by atoms with Gasteiger partial charge in [-0.25, -0.2) is 9.67 Å². The first-order valence-corrected chi connectivity index (χ1v) is 4.92. The number of aliphatic hydroxyl groups excluding tert-OH is 1. The Hall–Kier alpha value is -0.940. The van der Waals surface area contributed by atoms with E-state index < -0.39 is 6.23 Å². The summed E-state index contributed by atoms with van der Waals surface area (Å²) in [5.74, 6) is 1.66. The summed E-state index contributed by atoms with van der Waals surface area (Å²) in [4.78, 5) is 4.35. The molecule has 5 heteroatoms. The molecule has 1 atom stereocenters. The molecule has 1 aliphatic rings. The number of hydrogen-bond donors (Lipinski definition) is 1. The minimum Gasteiger partial charge on any atom is -0.384 e. The molecule has 0 fully saturated rings. The molecule has 2 rings (SSSR count). The van der Waals surface area contributed by atoms with Gasteiger partial charge in [-0.05, 0) is 12.8 Å². The lowest BCUT2D eigenvalue weighted by atomic mass is 10.1. The van der Waals surface area contributed by atoms with Crippen molar-refractivity contribution in [2.24, 2.45) is 0 Å². The Balaban J connectivity index is 2.13. The molecule has 1 unspecified atom stereocenters. The number of methoxy groups -OCH3 is 1. The van der Waals surface area contributed by atoms with Crippen molar-refractivity contribution < 1.29 is 9.84 Å². The van der Waals surface area contributed by atoms with Crippen molar-refractivity contribution >= 4 is 0 Å². The molecule has 2 heterocycles. The minimum atomic E-state index is -0.484. The van der Waals surface area contributed by atoms with Gasteiger partial charge in [-0.15, -0.1) is 0 Å². The molecular weight excluding hydrogens is 182 g/mol. The lowest BCUT2D eigenvalue weighted by molar-refractivity contribution is 0.0642. The highest BCUT2D eigenvalue weighted by atomic mass is 16.5. The quantitative estimate of drug-likeness (QED) is 0.756. The van der Waals surface area contributed by atoms with Gasteiger partial charge in [0.15, 0.2) is 5.82 Å². The van der Waals surface area contributed by atoms with E-state index in [0.29, 0.717) is 13.0 Å². The molecular formula is C9H15N3O2. The molecule has 0 bridgehead atoms. The molecule has 1 aromatic heterocycles. The molecule has 0 saturated carbocycles. The van der Waals surface area contributed by atoms with Gasteiger partial charge in [-0.2, -0.15) is 5.10 Å². The van der Waals surface area contributed by atoms with Gasteiger partial charge >= 0.3 is 0 Å². The predicted octanol–water partition coefficient (Wildman–Crippen LogP) is 0.294. The van der Waals surface area contributed by atoms with Crippen molar-refractivity contribution in [1.29, 1.82) is 0 Å². The Morgan fingerprint density at radius 3 is 3.21 bits per heavy atom. The number of rotatable bonds is 3. The molecule has 1 N–H and O–H groups in total. The third kappa shape index (κ3) is 1.78. The van der Waals surface area contributed by atoms with E-state index in [4.69, 9.17) is 4.74 Å². The van der Waals surface area contributed by atoms with Crippen LogP contribution in [-0.4, -0.2) is 33.6 Å². The van der Waals surface area contributed by atoms with Gasteiger partial charge in [-0.3, -0.25) is 0 Å². The second kappa shape index (κ2) is 4.06. The van der Waals surface area contributed by atoms with Gasteiger partial charge in [0.2, 0.25) is 0 Å². The van der Waals surface area contributed by atoms with Crippen molar-refractivity contribution in [2.45, 2.75) is 31.9 Å². The number of nitrogens with zero attached hydrogens (tertiary/aromatic N) is 3. The molecule has 1 aromatic rings. The Morgan fingerprint density at radius 1 is 1.64 bits per heavy atom. The van der Waals surface area contributed by atoms with Crippen LogP contribution >= 0.6 is 0 Å². The molecule has 14 heavy (non-hydrogen) atoms. The Bertz CT molecular complexity index is 311. The summed E-state index contributed by atoms with van der Waals surface area (Å²) in [6.45, 7) is 0.625. The Labute approximate surface area is 82.7 Å². The van der Waals surface area contributed by atoms with Gasteiger partial charge in [0, 0.05) is 20.0 Å². The highest BCUT2D eigenvalue weighted by molar-refractivity contribution is 4.97. The molecule has 0 aromatic carbocycles. The Morgan fingerprint density at radius 2 is 2.50 bits per heavy atom. The van der Waals surface area contributed by atoms with E-state index in [9.17, 15) is 5.11 Å². The third-order valence-corrected chi connectivity index (χ3v) is 2.42. The lowest BCUT2D eigenvalue weighted by Gasteiger charge is -2.17. The summed E-state index contributed by atoms with van der Waals surface area (Å²) in [7, 11) is 1.66. The minimum absolute atomic E-state index is 0.484. The van der Waals surface area contributed by atoms with Crippen LogP contribution in [0.3, 0.4) is 0 Å². The molecule has 0 aliphatic carbocycles. The largest absolute Gasteiger partial charge is 0.384 e. The Kier molecular flexibility index (Phi) is 2.79. The van der Waals surface area contributed by atoms with Crippen molar-refractivity contribution in [3.63, 3.8) is 0 Å². The van der Waals surface area contributed by atoms with Crippen molar-refractivity contribution in [3.8, 4) is 0 Å². The second-order valence-corrected chi connectivity index (χ2v) is 3.50. The summed E-state index contributed by atoms with van der Waals surface area (Å²) in [6, 6.07) is 0. The van der Waals surface area contributed by atoms with Crippen LogP contribution < -0.4 is 0 Å². The first kappa shape index (κ1) is 9.61. The fourth-order valence-electron chi connectivity index (χ4n) is 1.68. The molecule has 1 aliphatic heterocycles. The first-order valence-electron chi connectivity index (χ1n) is 4.92. The highest BCUT2D eigenvalue weighted by Gasteiger charge is 2.20. The van der Waals surface area contributed by atoms with Crippen LogP contribution in [0, 0.1) is 0 Å². The zero-order valence-electron chi connectivity index (χ0n) is 8.31. The van der Waals surface area contributed by atoms with Gasteiger partial charge in [-0.1, -0.05) is 0 Å². The van der Waals surface area contributed by atoms with E-state index in [1.54, 1.807) is 11.8 Å². The monoisotopic (exact) mass is 197 g/mol. The fourth-order valence-corrected chi connectivity index (χ4v) is 1.68. The summed E-state index contributed by atoms with van der Waals surface area (Å²) in [5, 5.41) is 13.9. The number of fused-ring (bicyclic) bond motifs is 1. The summed E-state index contributed by atoms with van der Waals surface area (Å²) < 4.78 is 6.59. The van der Waals surface area contributed by atoms with Crippen LogP contribution in [0.4, 0.5) is 0 Å². The predicted molar refractivity (Wildman–Crippen MR) is 49.8 cm³/mol. The van der Waals surface area contributed by atoms with E-state index >= 15 is 0 Å². The van der Waals surface area contributed by atoms with E-state index in [1.165, 1.54) is 0 Å². The molecule has 78 valence electrons.